The molecule has 0 unspecified atom stereocenters. The van der Waals surface area contributed by atoms with Crippen LogP contribution in [0.15, 0.2) is 0 Å². The molecule has 1 amide bonds. The summed E-state index contributed by atoms with van der Waals surface area (Å²) in [5.74, 6) is 0. The zero-order chi connectivity index (χ0) is 14.8. The van der Waals surface area contributed by atoms with E-state index in [1.165, 1.54) is 0 Å². The molecule has 0 aliphatic carbocycles. The first-order valence-corrected chi connectivity index (χ1v) is 7.66. The van der Waals surface area contributed by atoms with Gasteiger partial charge in [0.1, 0.15) is 5.60 Å². The fraction of sp³-hybridized carbons (Fsp3) is 0.933. The summed E-state index contributed by atoms with van der Waals surface area (Å²) in [6, 6.07) is 0. The zero-order valence-electron chi connectivity index (χ0n) is 13.2. The maximum Gasteiger partial charge on any atom is 0.410 e. The minimum atomic E-state index is -0.432. The van der Waals surface area contributed by atoms with Crippen molar-refractivity contribution >= 4 is 6.09 Å². The highest BCUT2D eigenvalue weighted by molar-refractivity contribution is 5.68. The van der Waals surface area contributed by atoms with Gasteiger partial charge >= 0.3 is 6.09 Å². The number of hydrogen-bond acceptors (Lipinski definition) is 4. The number of morpholine rings is 1. The Bertz CT molecular complexity index is 354. The van der Waals surface area contributed by atoms with Gasteiger partial charge in [-0.3, -0.25) is 0 Å². The molecule has 0 aromatic carbocycles. The number of likely N-dealkylation sites (tertiary alicyclic amines) is 1. The number of rotatable bonds is 0. The summed E-state index contributed by atoms with van der Waals surface area (Å²) >= 11 is 0. The highest BCUT2D eigenvalue weighted by Crippen LogP contribution is 2.29. The first kappa shape index (κ1) is 15.6. The predicted octanol–water partition coefficient (Wildman–Crippen LogP) is 2.15. The summed E-state index contributed by atoms with van der Waals surface area (Å²) in [5, 5.41) is 3.45. The predicted molar refractivity (Wildman–Crippen MR) is 77.8 cm³/mol. The molecule has 20 heavy (non-hydrogen) atoms. The first-order valence-electron chi connectivity index (χ1n) is 7.66. The van der Waals surface area contributed by atoms with Crippen molar-refractivity contribution < 1.29 is 14.3 Å². The van der Waals surface area contributed by atoms with Crippen LogP contribution in [0, 0.1) is 0 Å². The quantitative estimate of drug-likeness (QED) is 0.740. The molecular formula is C15H28N2O3. The van der Waals surface area contributed by atoms with Crippen molar-refractivity contribution in [3.8, 4) is 0 Å². The standard InChI is InChI=1S/C15H28N2O3/c1-12-10-16-11-15(19-12)6-5-8-17(9-7-15)13(18)20-14(2,3)4/h12,16H,5-11H2,1-4H3/t12-,15-/m0/s1. The summed E-state index contributed by atoms with van der Waals surface area (Å²) in [5.41, 5.74) is -0.535. The van der Waals surface area contributed by atoms with Crippen LogP contribution >= 0.6 is 0 Å². The van der Waals surface area contributed by atoms with Gasteiger partial charge in [0.25, 0.3) is 0 Å². The van der Waals surface area contributed by atoms with Gasteiger partial charge in [-0.2, -0.15) is 0 Å². The molecule has 116 valence electrons. The minimum Gasteiger partial charge on any atom is -0.444 e. The van der Waals surface area contributed by atoms with E-state index in [-0.39, 0.29) is 17.8 Å². The summed E-state index contributed by atoms with van der Waals surface area (Å²) < 4.78 is 11.6. The van der Waals surface area contributed by atoms with E-state index in [1.807, 2.05) is 25.7 Å². The van der Waals surface area contributed by atoms with Crippen LogP contribution in [0.3, 0.4) is 0 Å². The molecule has 2 fully saturated rings. The molecule has 2 saturated heterocycles. The lowest BCUT2D eigenvalue weighted by molar-refractivity contribution is -0.115. The van der Waals surface area contributed by atoms with E-state index in [0.717, 1.165) is 38.9 Å². The maximum absolute atomic E-state index is 12.1. The second-order valence-corrected chi connectivity index (χ2v) is 7.06. The van der Waals surface area contributed by atoms with Gasteiger partial charge in [-0.05, 0) is 47.0 Å². The Hall–Kier alpha value is -0.810. The lowest BCUT2D eigenvalue weighted by atomic mass is 9.92. The van der Waals surface area contributed by atoms with Gasteiger partial charge in [0, 0.05) is 26.2 Å². The number of hydrogen-bond donors (Lipinski definition) is 1. The minimum absolute atomic E-state index is 0.103. The number of carbonyl (C=O) groups is 1. The van der Waals surface area contributed by atoms with Crippen molar-refractivity contribution in [2.24, 2.45) is 0 Å². The van der Waals surface area contributed by atoms with E-state index < -0.39 is 5.60 Å². The molecule has 5 nitrogen and oxygen atoms in total. The van der Waals surface area contributed by atoms with E-state index in [4.69, 9.17) is 9.47 Å². The van der Waals surface area contributed by atoms with Gasteiger partial charge in [-0.1, -0.05) is 0 Å². The van der Waals surface area contributed by atoms with E-state index >= 15 is 0 Å². The van der Waals surface area contributed by atoms with Crippen molar-refractivity contribution in [1.29, 1.82) is 0 Å². The van der Waals surface area contributed by atoms with E-state index in [0.29, 0.717) is 6.54 Å². The van der Waals surface area contributed by atoms with Crippen molar-refractivity contribution in [3.63, 3.8) is 0 Å². The Kier molecular flexibility index (Phi) is 4.59. The van der Waals surface area contributed by atoms with E-state index in [2.05, 4.69) is 12.2 Å². The van der Waals surface area contributed by atoms with Crippen molar-refractivity contribution in [3.05, 3.63) is 0 Å². The number of amides is 1. The summed E-state index contributed by atoms with van der Waals surface area (Å²) in [7, 11) is 0. The molecule has 0 aromatic heterocycles. The smallest absolute Gasteiger partial charge is 0.410 e. The first-order chi connectivity index (χ1) is 9.30. The van der Waals surface area contributed by atoms with Crippen LogP contribution in [0.1, 0.15) is 47.0 Å². The van der Waals surface area contributed by atoms with Crippen LogP contribution in [-0.2, 0) is 9.47 Å². The SMILES string of the molecule is C[C@H]1CNC[C@@]2(CCCN(C(=O)OC(C)(C)C)CC2)O1. The second-order valence-electron chi connectivity index (χ2n) is 7.06. The molecule has 0 saturated carbocycles. The molecule has 2 aliphatic rings. The van der Waals surface area contributed by atoms with Crippen molar-refractivity contribution in [1.82, 2.24) is 10.2 Å². The topological polar surface area (TPSA) is 50.8 Å². The van der Waals surface area contributed by atoms with E-state index in [1.54, 1.807) is 0 Å². The number of nitrogens with zero attached hydrogens (tertiary/aromatic N) is 1. The highest BCUT2D eigenvalue weighted by Gasteiger charge is 2.38. The monoisotopic (exact) mass is 284 g/mol. The Morgan fingerprint density at radius 1 is 1.35 bits per heavy atom. The third kappa shape index (κ3) is 4.09. The average molecular weight is 284 g/mol. The van der Waals surface area contributed by atoms with Crippen LogP contribution in [-0.4, -0.2) is 54.5 Å². The Labute approximate surface area is 122 Å². The molecule has 2 rings (SSSR count). The van der Waals surface area contributed by atoms with Crippen molar-refractivity contribution in [2.75, 3.05) is 26.2 Å². The van der Waals surface area contributed by atoms with Gasteiger partial charge in [-0.15, -0.1) is 0 Å². The van der Waals surface area contributed by atoms with Gasteiger partial charge in [0.15, 0.2) is 0 Å². The maximum atomic E-state index is 12.1. The molecule has 0 aromatic rings. The fourth-order valence-corrected chi connectivity index (χ4v) is 2.98. The van der Waals surface area contributed by atoms with Gasteiger partial charge in [0.05, 0.1) is 11.7 Å². The molecule has 0 bridgehead atoms. The number of nitrogens with one attached hydrogen (secondary N) is 1. The van der Waals surface area contributed by atoms with Gasteiger partial charge in [0.2, 0.25) is 0 Å². The average Bonchev–Trinajstić information content (AvgIpc) is 2.50. The van der Waals surface area contributed by atoms with Crippen LogP contribution < -0.4 is 5.32 Å². The molecule has 5 heteroatoms. The molecule has 1 N–H and O–H groups in total. The summed E-state index contributed by atoms with van der Waals surface area (Å²) in [4.78, 5) is 14.0. The van der Waals surface area contributed by atoms with Gasteiger partial charge < -0.3 is 19.7 Å². The van der Waals surface area contributed by atoms with Crippen LogP contribution in [0.2, 0.25) is 0 Å². The largest absolute Gasteiger partial charge is 0.444 e. The van der Waals surface area contributed by atoms with Crippen LogP contribution in [0.4, 0.5) is 4.79 Å². The molecule has 2 heterocycles. The fourth-order valence-electron chi connectivity index (χ4n) is 2.98. The molecule has 1 spiro atoms. The van der Waals surface area contributed by atoms with E-state index in [9.17, 15) is 4.79 Å². The third-order valence-electron chi connectivity index (χ3n) is 3.88. The second kappa shape index (κ2) is 5.90. The summed E-state index contributed by atoms with van der Waals surface area (Å²) in [6.07, 6.45) is 2.89. The molecule has 2 atom stereocenters. The van der Waals surface area contributed by atoms with Crippen molar-refractivity contribution in [2.45, 2.75) is 64.3 Å². The van der Waals surface area contributed by atoms with Gasteiger partial charge in [-0.25, -0.2) is 4.79 Å². The normalized spacial score (nSPS) is 32.0. The Morgan fingerprint density at radius 3 is 2.75 bits per heavy atom. The molecule has 0 radical (unpaired) electrons. The molecule has 2 aliphatic heterocycles. The van der Waals surface area contributed by atoms with Crippen LogP contribution in [0.25, 0.3) is 0 Å². The lowest BCUT2D eigenvalue weighted by Crippen LogP contribution is -2.53. The third-order valence-corrected chi connectivity index (χ3v) is 3.88. The molecular weight excluding hydrogens is 256 g/mol. The number of carbonyl (C=O) groups excluding carboxylic acids is 1. The zero-order valence-corrected chi connectivity index (χ0v) is 13.2. The highest BCUT2D eigenvalue weighted by atomic mass is 16.6. The Balaban J connectivity index is 1.93. The number of ether oxygens (including phenoxy) is 2. The summed E-state index contributed by atoms with van der Waals surface area (Å²) in [6.45, 7) is 11.1. The Morgan fingerprint density at radius 2 is 2.10 bits per heavy atom. The lowest BCUT2D eigenvalue weighted by Gasteiger charge is -2.40. The van der Waals surface area contributed by atoms with Crippen LogP contribution in [0.5, 0.6) is 0 Å².